The highest BCUT2D eigenvalue weighted by Gasteiger charge is 2.42. The van der Waals surface area contributed by atoms with Crippen LogP contribution < -0.4 is 11.1 Å². The molecule has 2 fully saturated rings. The second-order valence-electron chi connectivity index (χ2n) is 13.7. The van der Waals surface area contributed by atoms with Gasteiger partial charge in [0.1, 0.15) is 29.6 Å². The molecule has 7 N–H and O–H groups in total. The van der Waals surface area contributed by atoms with Crippen LogP contribution in [0.4, 0.5) is 5.69 Å². The number of likely N-dealkylation sites (tertiary alicyclic amines) is 2. The van der Waals surface area contributed by atoms with Crippen molar-refractivity contribution in [3.8, 4) is 22.8 Å². The van der Waals surface area contributed by atoms with Crippen LogP contribution in [0.5, 0.6) is 0 Å². The zero-order valence-corrected chi connectivity index (χ0v) is 29.1. The van der Waals surface area contributed by atoms with Gasteiger partial charge in [0.2, 0.25) is 11.8 Å². The summed E-state index contributed by atoms with van der Waals surface area (Å²) in [6.07, 6.45) is 2.49. The Hall–Kier alpha value is -6.63. The molecule has 0 spiro atoms. The lowest BCUT2D eigenvalue weighted by molar-refractivity contribution is -0.139. The number of amides is 3. The third-order valence-electron chi connectivity index (χ3n) is 10.2. The Balaban J connectivity index is 0.919. The molecule has 2 aromatic heterocycles. The first kappa shape index (κ1) is 33.5. The molecule has 2 atom stereocenters. The van der Waals surface area contributed by atoms with Gasteiger partial charge >= 0.3 is 0 Å². The van der Waals surface area contributed by atoms with Gasteiger partial charge in [-0.05, 0) is 105 Å². The highest BCUT2D eigenvalue weighted by Crippen LogP contribution is 2.29. The molecular formula is C40H38N10O3. The maximum atomic E-state index is 14.0. The molecule has 0 unspecified atom stereocenters. The number of nitrogen functional groups attached to an aromatic ring is 1. The van der Waals surface area contributed by atoms with E-state index in [1.807, 2.05) is 54.6 Å². The van der Waals surface area contributed by atoms with Crippen molar-refractivity contribution in [3.63, 3.8) is 0 Å². The highest BCUT2D eigenvalue weighted by molar-refractivity contribution is 6.02. The van der Waals surface area contributed by atoms with Gasteiger partial charge in [0.25, 0.3) is 5.91 Å². The zero-order valence-electron chi connectivity index (χ0n) is 29.1. The number of carbonyl (C=O) groups is 3. The first-order valence-corrected chi connectivity index (χ1v) is 17.7. The van der Waals surface area contributed by atoms with Crippen LogP contribution in [-0.4, -0.2) is 84.2 Å². The Kier molecular flexibility index (Phi) is 8.53. The van der Waals surface area contributed by atoms with Crippen molar-refractivity contribution in [3.05, 3.63) is 102 Å². The summed E-state index contributed by atoms with van der Waals surface area (Å²) in [6.45, 7) is 2.67. The van der Waals surface area contributed by atoms with Crippen molar-refractivity contribution >= 4 is 57.0 Å². The van der Waals surface area contributed by atoms with Crippen LogP contribution in [0.25, 0.3) is 44.8 Å². The zero-order chi connectivity index (χ0) is 36.8. The average Bonchev–Trinajstić information content (AvgIpc) is 3.99. The van der Waals surface area contributed by atoms with Crippen LogP contribution in [0.2, 0.25) is 0 Å². The number of H-pyrrole nitrogens is 2. The molecule has 0 radical (unpaired) electrons. The lowest BCUT2D eigenvalue weighted by atomic mass is 10.1. The largest absolute Gasteiger partial charge is 0.384 e. The van der Waals surface area contributed by atoms with Gasteiger partial charge in [0.15, 0.2) is 0 Å². The van der Waals surface area contributed by atoms with Crippen molar-refractivity contribution < 1.29 is 14.4 Å². The van der Waals surface area contributed by atoms with E-state index in [9.17, 15) is 14.4 Å². The molecule has 13 heteroatoms. The first-order chi connectivity index (χ1) is 25.6. The Bertz CT molecular complexity index is 2430. The lowest BCUT2D eigenvalue weighted by Crippen LogP contribution is -2.51. The second kappa shape index (κ2) is 13.5. The number of nitrogens with one attached hydrogen (secondary N) is 5. The van der Waals surface area contributed by atoms with E-state index >= 15 is 0 Å². The number of imidazole rings is 2. The number of hydrogen-bond acceptors (Lipinski definition) is 7. The van der Waals surface area contributed by atoms with Gasteiger partial charge < -0.3 is 36.2 Å². The fourth-order valence-corrected chi connectivity index (χ4v) is 7.33. The van der Waals surface area contributed by atoms with E-state index in [1.54, 1.807) is 47.1 Å². The van der Waals surface area contributed by atoms with Crippen molar-refractivity contribution in [1.82, 2.24) is 29.7 Å². The van der Waals surface area contributed by atoms with E-state index in [0.717, 1.165) is 38.8 Å². The van der Waals surface area contributed by atoms with Crippen molar-refractivity contribution in [2.24, 2.45) is 5.73 Å². The van der Waals surface area contributed by atoms with E-state index < -0.39 is 12.1 Å². The van der Waals surface area contributed by atoms with Gasteiger partial charge in [-0.2, -0.15) is 0 Å². The van der Waals surface area contributed by atoms with Crippen LogP contribution in [0.15, 0.2) is 84.9 Å². The summed E-state index contributed by atoms with van der Waals surface area (Å²) < 4.78 is 0. The minimum atomic E-state index is -0.636. The van der Waals surface area contributed by atoms with Crippen LogP contribution in [0.3, 0.4) is 0 Å². The molecule has 2 aliphatic heterocycles. The van der Waals surface area contributed by atoms with Crippen LogP contribution in [0, 0.1) is 10.8 Å². The molecular weight excluding hydrogens is 669 g/mol. The van der Waals surface area contributed by atoms with E-state index in [4.69, 9.17) is 16.6 Å². The molecule has 8 rings (SSSR count). The van der Waals surface area contributed by atoms with Gasteiger partial charge in [-0.15, -0.1) is 0 Å². The summed E-state index contributed by atoms with van der Waals surface area (Å²) in [4.78, 5) is 60.4. The van der Waals surface area contributed by atoms with Crippen LogP contribution in [0.1, 0.15) is 54.1 Å². The molecule has 2 saturated heterocycles. The molecule has 3 amide bonds. The van der Waals surface area contributed by atoms with Crippen LogP contribution in [-0.2, 0) is 9.59 Å². The van der Waals surface area contributed by atoms with Gasteiger partial charge in [-0.3, -0.25) is 19.8 Å². The van der Waals surface area contributed by atoms with Gasteiger partial charge in [0.05, 0.1) is 22.1 Å². The highest BCUT2D eigenvalue weighted by atomic mass is 16.2. The number of nitrogens with two attached hydrogens (primary N) is 1. The van der Waals surface area contributed by atoms with Crippen LogP contribution >= 0.6 is 0 Å². The Morgan fingerprint density at radius 3 is 1.85 bits per heavy atom. The number of benzene rings is 4. The van der Waals surface area contributed by atoms with E-state index in [2.05, 4.69) is 25.3 Å². The third kappa shape index (κ3) is 6.41. The maximum absolute atomic E-state index is 14.0. The maximum Gasteiger partial charge on any atom is 0.254 e. The molecule has 13 nitrogen and oxygen atoms in total. The lowest BCUT2D eigenvalue weighted by Gasteiger charge is -2.31. The summed E-state index contributed by atoms with van der Waals surface area (Å²) in [7, 11) is 0. The smallest absolute Gasteiger partial charge is 0.254 e. The van der Waals surface area contributed by atoms with E-state index in [0.29, 0.717) is 72.9 Å². The first-order valence-electron chi connectivity index (χ1n) is 17.7. The van der Waals surface area contributed by atoms with E-state index in [1.165, 1.54) is 0 Å². The number of amidine groups is 1. The number of aromatic amines is 2. The number of nitrogens with zero attached hydrogens (tertiary/aromatic N) is 4. The topological polar surface area (TPSA) is 201 Å². The van der Waals surface area contributed by atoms with Crippen molar-refractivity contribution in [2.75, 3.05) is 18.4 Å². The molecule has 266 valence electrons. The fourth-order valence-electron chi connectivity index (χ4n) is 7.33. The molecule has 0 saturated carbocycles. The van der Waals surface area contributed by atoms with Crippen molar-refractivity contribution in [2.45, 2.75) is 44.7 Å². The standard InChI is InChI=1S/C40H38N10O3/c1-22(41)26-12-16-29-31(20-26)47-37(45-29)24-10-14-28(15-11-24)44-38(51)33-4-2-18-49(33)40(53)34-5-3-19-50(34)39(52)25-8-6-23(7-9-25)36-46-30-17-13-27(35(42)43)21-32(30)48-36/h6-17,20-21,33-34,41H,2-5,18-19H2,1H3,(H3,42,43)(H,44,51)(H,45,47)(H,46,48)/t33-,34-/m1/s1. The molecule has 53 heavy (non-hydrogen) atoms. The summed E-state index contributed by atoms with van der Waals surface area (Å²) >= 11 is 0. The summed E-state index contributed by atoms with van der Waals surface area (Å²) in [5.41, 5.74) is 13.4. The molecule has 4 aromatic carbocycles. The molecule has 2 aliphatic rings. The monoisotopic (exact) mass is 706 g/mol. The predicted molar refractivity (Wildman–Crippen MR) is 204 cm³/mol. The normalized spacial score (nSPS) is 17.1. The van der Waals surface area contributed by atoms with Gasteiger partial charge in [-0.1, -0.05) is 18.2 Å². The minimum Gasteiger partial charge on any atom is -0.384 e. The number of fused-ring (bicyclic) bond motifs is 2. The minimum absolute atomic E-state index is 0.0225. The quantitative estimate of drug-likeness (QED) is 0.0868. The Morgan fingerprint density at radius 1 is 0.717 bits per heavy atom. The number of carbonyl (C=O) groups excluding carboxylic acids is 3. The number of rotatable bonds is 8. The second-order valence-corrected chi connectivity index (χ2v) is 13.7. The molecule has 0 bridgehead atoms. The van der Waals surface area contributed by atoms with Gasteiger partial charge in [-0.25, -0.2) is 9.97 Å². The number of anilines is 1. The SMILES string of the molecule is CC(=N)c1ccc2nc(-c3ccc(NC(=O)[C@H]4CCCN4C(=O)[C@H]4CCCN4C(=O)c4ccc(-c5nc6ccc(C(=N)N)cc6[nH]5)cc4)cc3)[nH]c2c1. The molecule has 4 heterocycles. The van der Waals surface area contributed by atoms with E-state index in [-0.39, 0.29) is 23.6 Å². The molecule has 0 aliphatic carbocycles. The fraction of sp³-hybridized carbons (Fsp3) is 0.225. The Morgan fingerprint density at radius 2 is 1.25 bits per heavy atom. The molecule has 6 aromatic rings. The third-order valence-corrected chi connectivity index (χ3v) is 10.2. The Labute approximate surface area is 304 Å². The number of hydrogen-bond donors (Lipinski definition) is 6. The van der Waals surface area contributed by atoms with Gasteiger partial charge in [0, 0.05) is 46.7 Å². The van der Waals surface area contributed by atoms with Crippen molar-refractivity contribution in [1.29, 1.82) is 10.8 Å². The number of aromatic nitrogens is 4. The summed E-state index contributed by atoms with van der Waals surface area (Å²) in [6, 6.07) is 24.3. The predicted octanol–water partition coefficient (Wildman–Crippen LogP) is 5.68. The summed E-state index contributed by atoms with van der Waals surface area (Å²) in [5, 5.41) is 18.6. The average molecular weight is 707 g/mol. The summed E-state index contributed by atoms with van der Waals surface area (Å²) in [5.74, 6) is 0.621.